The minimum atomic E-state index is 0.582. The van der Waals surface area contributed by atoms with Gasteiger partial charge in [0.25, 0.3) is 0 Å². The van der Waals surface area contributed by atoms with Gasteiger partial charge in [-0.3, -0.25) is 0 Å². The van der Waals surface area contributed by atoms with Crippen LogP contribution < -0.4 is 0 Å². The topological polar surface area (TPSA) is 56.7 Å². The van der Waals surface area contributed by atoms with E-state index in [1.54, 1.807) is 0 Å². The van der Waals surface area contributed by atoms with Crippen molar-refractivity contribution in [3.05, 3.63) is 243 Å². The molecule has 3 aromatic heterocycles. The number of para-hydroxylation sites is 2. The molecule has 10 aromatic carbocycles. The van der Waals surface area contributed by atoms with E-state index in [1.807, 2.05) is 60.7 Å². The molecule has 3 heterocycles. The number of furan rings is 1. The summed E-state index contributed by atoms with van der Waals surface area (Å²) in [5.41, 5.74) is 16.6. The molecule has 13 aromatic rings. The standard InChI is InChI=1S/C63H40N4O/c1-6-18-41(19-7-1)49-33-30-45(38-53(49)42-20-8-2-9-21-42)46-31-34-50(54(39-46)63-65-61(43-22-10-3-11-23-43)64-62(66-63)44-24-12-4-13-25-44)47-32-35-52-58(40-47)68-57-37-36-56-59(60(52)57)51-28-16-17-29-55(51)67(56)48-26-14-5-15-27-48/h1-40H. The molecule has 0 bridgehead atoms. The zero-order valence-electron chi connectivity index (χ0n) is 36.8. The first-order valence-electron chi connectivity index (χ1n) is 22.9. The number of hydrogen-bond acceptors (Lipinski definition) is 4. The molecule has 0 radical (unpaired) electrons. The second-order valence-electron chi connectivity index (χ2n) is 17.1. The Bertz CT molecular complexity index is 3940. The van der Waals surface area contributed by atoms with Gasteiger partial charge in [0.15, 0.2) is 17.5 Å². The van der Waals surface area contributed by atoms with Gasteiger partial charge in [0.2, 0.25) is 0 Å². The van der Waals surface area contributed by atoms with Crippen molar-refractivity contribution in [1.82, 2.24) is 19.5 Å². The van der Waals surface area contributed by atoms with Crippen LogP contribution in [0.3, 0.4) is 0 Å². The van der Waals surface area contributed by atoms with Crippen LogP contribution in [0.15, 0.2) is 247 Å². The number of benzene rings is 10. The number of hydrogen-bond donors (Lipinski definition) is 0. The highest BCUT2D eigenvalue weighted by atomic mass is 16.3. The van der Waals surface area contributed by atoms with E-state index in [2.05, 4.69) is 187 Å². The Balaban J connectivity index is 1.03. The maximum atomic E-state index is 6.83. The van der Waals surface area contributed by atoms with Gasteiger partial charge >= 0.3 is 0 Å². The first-order valence-corrected chi connectivity index (χ1v) is 22.9. The molecular formula is C63H40N4O. The van der Waals surface area contributed by atoms with Crippen LogP contribution in [0.1, 0.15) is 0 Å². The Morgan fingerprint density at radius 2 is 0.779 bits per heavy atom. The fourth-order valence-electron chi connectivity index (χ4n) is 9.89. The van der Waals surface area contributed by atoms with Crippen molar-refractivity contribution < 1.29 is 4.42 Å². The molecule has 0 unspecified atom stereocenters. The van der Waals surface area contributed by atoms with Gasteiger partial charge in [-0.2, -0.15) is 0 Å². The highest BCUT2D eigenvalue weighted by Gasteiger charge is 2.22. The zero-order valence-corrected chi connectivity index (χ0v) is 36.8. The molecule has 0 amide bonds. The minimum absolute atomic E-state index is 0.582. The van der Waals surface area contributed by atoms with Gasteiger partial charge in [-0.05, 0) is 99.1 Å². The Morgan fingerprint density at radius 1 is 0.279 bits per heavy atom. The predicted octanol–water partition coefficient (Wildman–Crippen LogP) is 16.5. The molecule has 13 rings (SSSR count). The van der Waals surface area contributed by atoms with E-state index < -0.39 is 0 Å². The molecule has 0 aliphatic heterocycles. The van der Waals surface area contributed by atoms with Crippen LogP contribution in [0.5, 0.6) is 0 Å². The molecule has 318 valence electrons. The summed E-state index contributed by atoms with van der Waals surface area (Å²) in [4.78, 5) is 15.6. The monoisotopic (exact) mass is 868 g/mol. The maximum absolute atomic E-state index is 6.83. The fraction of sp³-hybridized carbons (Fsp3) is 0. The second-order valence-corrected chi connectivity index (χ2v) is 17.1. The second kappa shape index (κ2) is 16.4. The number of nitrogens with zero attached hydrogens (tertiary/aromatic N) is 4. The summed E-state index contributed by atoms with van der Waals surface area (Å²) in [7, 11) is 0. The predicted molar refractivity (Wildman–Crippen MR) is 279 cm³/mol. The Hall–Kier alpha value is -9.19. The van der Waals surface area contributed by atoms with Gasteiger partial charge < -0.3 is 8.98 Å². The molecule has 0 atom stereocenters. The van der Waals surface area contributed by atoms with Crippen molar-refractivity contribution in [3.63, 3.8) is 0 Å². The molecule has 0 fully saturated rings. The summed E-state index contributed by atoms with van der Waals surface area (Å²) in [5, 5.41) is 4.54. The third kappa shape index (κ3) is 6.76. The lowest BCUT2D eigenvalue weighted by atomic mass is 9.89. The van der Waals surface area contributed by atoms with E-state index in [9.17, 15) is 0 Å². The summed E-state index contributed by atoms with van der Waals surface area (Å²) in [6.45, 7) is 0. The first kappa shape index (κ1) is 39.2. The molecule has 0 saturated carbocycles. The van der Waals surface area contributed by atoms with Crippen LogP contribution >= 0.6 is 0 Å². The van der Waals surface area contributed by atoms with Gasteiger partial charge in [0.05, 0.1) is 11.0 Å². The average Bonchev–Trinajstić information content (AvgIpc) is 3.97. The lowest BCUT2D eigenvalue weighted by molar-refractivity contribution is 0.669. The molecule has 0 aliphatic rings. The number of fused-ring (bicyclic) bond motifs is 7. The summed E-state index contributed by atoms with van der Waals surface area (Å²) >= 11 is 0. The lowest BCUT2D eigenvalue weighted by Gasteiger charge is -2.16. The number of rotatable bonds is 8. The molecule has 0 N–H and O–H groups in total. The largest absolute Gasteiger partial charge is 0.456 e. The molecule has 5 nitrogen and oxygen atoms in total. The summed E-state index contributed by atoms with van der Waals surface area (Å²) in [6.07, 6.45) is 0. The zero-order chi connectivity index (χ0) is 45.0. The van der Waals surface area contributed by atoms with E-state index >= 15 is 0 Å². The SMILES string of the molecule is c1ccc(-c2nc(-c3ccccc3)nc(-c3cc(-c4ccc(-c5ccccc5)c(-c5ccccc5)c4)ccc3-c3ccc4c(c3)oc3ccc5c(c6ccccc6n5-c5ccccc5)c34)n2)cc1. The van der Waals surface area contributed by atoms with Crippen molar-refractivity contribution in [2.75, 3.05) is 0 Å². The highest BCUT2D eigenvalue weighted by molar-refractivity contribution is 6.27. The summed E-state index contributed by atoms with van der Waals surface area (Å²) < 4.78 is 9.18. The van der Waals surface area contributed by atoms with E-state index in [0.717, 1.165) is 88.7 Å². The van der Waals surface area contributed by atoms with E-state index in [0.29, 0.717) is 17.5 Å². The van der Waals surface area contributed by atoms with Crippen LogP contribution in [0.2, 0.25) is 0 Å². The van der Waals surface area contributed by atoms with Crippen molar-refractivity contribution in [3.8, 4) is 84.4 Å². The van der Waals surface area contributed by atoms with E-state index in [1.165, 1.54) is 21.9 Å². The van der Waals surface area contributed by atoms with Crippen molar-refractivity contribution >= 4 is 43.7 Å². The minimum Gasteiger partial charge on any atom is -0.456 e. The maximum Gasteiger partial charge on any atom is 0.164 e. The van der Waals surface area contributed by atoms with Crippen LogP contribution in [0, 0.1) is 0 Å². The third-order valence-corrected chi connectivity index (χ3v) is 13.1. The van der Waals surface area contributed by atoms with Gasteiger partial charge in [-0.15, -0.1) is 0 Å². The highest BCUT2D eigenvalue weighted by Crippen LogP contribution is 2.44. The van der Waals surface area contributed by atoms with E-state index in [-0.39, 0.29) is 0 Å². The van der Waals surface area contributed by atoms with Crippen LogP contribution in [0.25, 0.3) is 128 Å². The van der Waals surface area contributed by atoms with Gasteiger partial charge in [0.1, 0.15) is 11.2 Å². The van der Waals surface area contributed by atoms with Gasteiger partial charge in [0, 0.05) is 43.9 Å². The molecular weight excluding hydrogens is 829 g/mol. The Morgan fingerprint density at radius 3 is 1.41 bits per heavy atom. The smallest absolute Gasteiger partial charge is 0.164 e. The Labute approximate surface area is 392 Å². The third-order valence-electron chi connectivity index (χ3n) is 13.1. The van der Waals surface area contributed by atoms with Crippen molar-refractivity contribution in [2.45, 2.75) is 0 Å². The molecule has 68 heavy (non-hydrogen) atoms. The molecule has 5 heteroatoms. The summed E-state index contributed by atoms with van der Waals surface area (Å²) in [6, 6.07) is 85.1. The number of aromatic nitrogens is 4. The quantitative estimate of drug-likeness (QED) is 0.153. The normalized spacial score (nSPS) is 11.5. The molecule has 0 spiro atoms. The van der Waals surface area contributed by atoms with Crippen LogP contribution in [0.4, 0.5) is 0 Å². The van der Waals surface area contributed by atoms with Gasteiger partial charge in [-0.25, -0.2) is 15.0 Å². The van der Waals surface area contributed by atoms with Gasteiger partial charge in [-0.1, -0.05) is 188 Å². The van der Waals surface area contributed by atoms with Crippen LogP contribution in [-0.4, -0.2) is 19.5 Å². The van der Waals surface area contributed by atoms with Crippen molar-refractivity contribution in [2.24, 2.45) is 0 Å². The van der Waals surface area contributed by atoms with Crippen LogP contribution in [-0.2, 0) is 0 Å². The van der Waals surface area contributed by atoms with E-state index in [4.69, 9.17) is 19.4 Å². The van der Waals surface area contributed by atoms with Crippen molar-refractivity contribution in [1.29, 1.82) is 0 Å². The fourth-order valence-corrected chi connectivity index (χ4v) is 9.89. The lowest BCUT2D eigenvalue weighted by Crippen LogP contribution is -2.01. The molecule has 0 saturated heterocycles. The summed E-state index contributed by atoms with van der Waals surface area (Å²) in [5.74, 6) is 1.80. The average molecular weight is 869 g/mol. The first-order chi connectivity index (χ1) is 33.7. The Kier molecular flexibility index (Phi) is 9.43. The molecule has 0 aliphatic carbocycles.